The molecule has 44 heavy (non-hydrogen) atoms. The first-order valence-corrected chi connectivity index (χ1v) is 16.3. The van der Waals surface area contributed by atoms with Crippen LogP contribution in [0.2, 0.25) is 0 Å². The molecule has 5 nitrogen and oxygen atoms in total. The molecular weight excluding hydrogens is 566 g/mol. The van der Waals surface area contributed by atoms with Crippen LogP contribution >= 0.6 is 12.4 Å². The Morgan fingerprint density at radius 3 is 2.43 bits per heavy atom. The van der Waals surface area contributed by atoms with Crippen molar-refractivity contribution in [2.45, 2.75) is 57.3 Å². The predicted octanol–water partition coefficient (Wildman–Crippen LogP) is 6.94. The van der Waals surface area contributed by atoms with Crippen LogP contribution in [0.25, 0.3) is 6.08 Å². The first-order valence-electron chi connectivity index (χ1n) is 16.3. The van der Waals surface area contributed by atoms with E-state index in [1.54, 1.807) is 0 Å². The lowest BCUT2D eigenvalue weighted by molar-refractivity contribution is -0.128. The number of aryl methyl sites for hydroxylation is 1. The van der Waals surface area contributed by atoms with Gasteiger partial charge < -0.3 is 14.7 Å². The molecule has 1 unspecified atom stereocenters. The van der Waals surface area contributed by atoms with E-state index in [1.165, 1.54) is 22.3 Å². The maximum Gasteiger partial charge on any atom is 0.232 e. The van der Waals surface area contributed by atoms with Gasteiger partial charge in [0, 0.05) is 37.2 Å². The minimum Gasteiger partial charge on any atom is -0.342 e. The SMILES string of the molecule is CCCc1ccccc1N(CCCN1CCC2(C=Cc3ccccc32)CC1)C(=O)C1CC(=O)N(CCc2ccccc2)C1.Cl. The number of carbonyl (C=O) groups is 2. The fraction of sp³-hybridized carbons (Fsp3) is 0.421. The van der Waals surface area contributed by atoms with E-state index in [-0.39, 0.29) is 35.6 Å². The van der Waals surface area contributed by atoms with E-state index in [1.807, 2.05) is 34.1 Å². The quantitative estimate of drug-likeness (QED) is 0.236. The van der Waals surface area contributed by atoms with Gasteiger partial charge in [0.1, 0.15) is 0 Å². The number of likely N-dealkylation sites (tertiary alicyclic amines) is 2. The minimum atomic E-state index is -0.290. The first-order chi connectivity index (χ1) is 21.1. The van der Waals surface area contributed by atoms with Crippen molar-refractivity contribution in [1.29, 1.82) is 0 Å². The number of carbonyl (C=O) groups excluding carboxylic acids is 2. The van der Waals surface area contributed by atoms with E-state index in [4.69, 9.17) is 0 Å². The van der Waals surface area contributed by atoms with Gasteiger partial charge in [-0.2, -0.15) is 0 Å². The summed E-state index contributed by atoms with van der Waals surface area (Å²) >= 11 is 0. The third-order valence-corrected chi connectivity index (χ3v) is 9.83. The predicted molar refractivity (Wildman–Crippen MR) is 182 cm³/mol. The highest BCUT2D eigenvalue weighted by molar-refractivity contribution is 5.99. The number of para-hydroxylation sites is 1. The van der Waals surface area contributed by atoms with E-state index >= 15 is 0 Å². The van der Waals surface area contributed by atoms with Gasteiger partial charge in [-0.25, -0.2) is 0 Å². The fourth-order valence-electron chi connectivity index (χ4n) is 7.39. The number of piperidine rings is 1. The van der Waals surface area contributed by atoms with Crippen LogP contribution in [0, 0.1) is 5.92 Å². The topological polar surface area (TPSA) is 43.9 Å². The largest absolute Gasteiger partial charge is 0.342 e. The van der Waals surface area contributed by atoms with Gasteiger partial charge in [-0.05, 0) is 80.1 Å². The number of rotatable bonds is 11. The van der Waals surface area contributed by atoms with Gasteiger partial charge in [-0.15, -0.1) is 12.4 Å². The van der Waals surface area contributed by atoms with Crippen molar-refractivity contribution in [2.24, 2.45) is 5.92 Å². The van der Waals surface area contributed by atoms with E-state index in [0.717, 1.165) is 63.8 Å². The summed E-state index contributed by atoms with van der Waals surface area (Å²) in [5.74, 6) is -0.0905. The molecule has 0 radical (unpaired) electrons. The molecule has 6 heteroatoms. The Labute approximate surface area is 269 Å². The third-order valence-electron chi connectivity index (χ3n) is 9.83. The Hall–Kier alpha value is -3.41. The maximum atomic E-state index is 14.2. The molecule has 0 N–H and O–H groups in total. The Morgan fingerprint density at radius 2 is 1.64 bits per heavy atom. The van der Waals surface area contributed by atoms with Gasteiger partial charge in [0.25, 0.3) is 0 Å². The van der Waals surface area contributed by atoms with Crippen LogP contribution < -0.4 is 4.90 Å². The lowest BCUT2D eigenvalue weighted by Crippen LogP contribution is -2.43. The zero-order valence-electron chi connectivity index (χ0n) is 26.0. The molecule has 1 spiro atoms. The highest BCUT2D eigenvalue weighted by Gasteiger charge is 2.39. The number of anilines is 1. The summed E-state index contributed by atoms with van der Waals surface area (Å²) in [5, 5.41) is 0. The summed E-state index contributed by atoms with van der Waals surface area (Å²) in [6, 6.07) is 27.5. The average molecular weight is 612 g/mol. The van der Waals surface area contributed by atoms with Crippen molar-refractivity contribution in [3.05, 3.63) is 107 Å². The second-order valence-electron chi connectivity index (χ2n) is 12.6. The number of nitrogens with zero attached hydrogens (tertiary/aromatic N) is 3. The van der Waals surface area contributed by atoms with E-state index in [2.05, 4.69) is 78.6 Å². The molecule has 3 aromatic carbocycles. The van der Waals surface area contributed by atoms with E-state index in [9.17, 15) is 9.59 Å². The van der Waals surface area contributed by atoms with Crippen LogP contribution in [-0.2, 0) is 27.8 Å². The van der Waals surface area contributed by atoms with Gasteiger partial charge >= 0.3 is 0 Å². The third kappa shape index (κ3) is 6.95. The molecule has 2 amide bonds. The molecule has 2 saturated heterocycles. The Balaban J connectivity index is 0.00000384. The normalized spacial score (nSPS) is 18.8. The molecule has 0 saturated carbocycles. The van der Waals surface area contributed by atoms with Crippen LogP contribution in [0.3, 0.4) is 0 Å². The van der Waals surface area contributed by atoms with Crippen LogP contribution in [0.1, 0.15) is 61.3 Å². The Morgan fingerprint density at radius 1 is 0.909 bits per heavy atom. The second kappa shape index (κ2) is 14.6. The Bertz CT molecular complexity index is 1450. The lowest BCUT2D eigenvalue weighted by atomic mass is 9.74. The van der Waals surface area contributed by atoms with E-state index in [0.29, 0.717) is 26.1 Å². The maximum absolute atomic E-state index is 14.2. The summed E-state index contributed by atoms with van der Waals surface area (Å²) < 4.78 is 0. The highest BCUT2D eigenvalue weighted by atomic mass is 35.5. The van der Waals surface area contributed by atoms with Crippen molar-refractivity contribution in [3.8, 4) is 0 Å². The summed E-state index contributed by atoms with van der Waals surface area (Å²) in [6.07, 6.45) is 11.0. The van der Waals surface area contributed by atoms with Crippen LogP contribution in [0.4, 0.5) is 5.69 Å². The van der Waals surface area contributed by atoms with Crippen molar-refractivity contribution in [2.75, 3.05) is 44.2 Å². The zero-order chi connectivity index (χ0) is 29.6. The van der Waals surface area contributed by atoms with Crippen molar-refractivity contribution >= 4 is 36.0 Å². The standard InChI is InChI=1S/C38H45N3O2.ClH/c1-2-11-32-15-7-9-17-35(32)41(37(43)33-28-36(42)40(29-33)25-19-30-12-4-3-5-13-30)24-10-23-39-26-21-38(22-27-39)20-18-31-14-6-8-16-34(31)38;/h3-9,12-18,20,33H,2,10-11,19,21-29H2,1H3;1H. The number of fused-ring (bicyclic) bond motifs is 2. The molecule has 0 bridgehead atoms. The molecule has 232 valence electrons. The summed E-state index contributed by atoms with van der Waals surface area (Å²) in [4.78, 5) is 33.6. The van der Waals surface area contributed by atoms with Gasteiger partial charge in [-0.3, -0.25) is 9.59 Å². The van der Waals surface area contributed by atoms with Crippen molar-refractivity contribution in [1.82, 2.24) is 9.80 Å². The molecule has 1 aliphatic carbocycles. The molecule has 2 aliphatic heterocycles. The van der Waals surface area contributed by atoms with Crippen molar-refractivity contribution in [3.63, 3.8) is 0 Å². The van der Waals surface area contributed by atoms with Crippen LogP contribution in [0.5, 0.6) is 0 Å². The number of hydrogen-bond acceptors (Lipinski definition) is 3. The molecule has 3 aliphatic rings. The fourth-order valence-corrected chi connectivity index (χ4v) is 7.39. The average Bonchev–Trinajstić information content (AvgIpc) is 3.60. The lowest BCUT2D eigenvalue weighted by Gasteiger charge is -2.39. The highest BCUT2D eigenvalue weighted by Crippen LogP contribution is 2.43. The van der Waals surface area contributed by atoms with Gasteiger partial charge in [0.2, 0.25) is 11.8 Å². The molecule has 0 aromatic heterocycles. The zero-order valence-corrected chi connectivity index (χ0v) is 26.8. The smallest absolute Gasteiger partial charge is 0.232 e. The van der Waals surface area contributed by atoms with Gasteiger partial charge in [-0.1, -0.05) is 98.3 Å². The minimum absolute atomic E-state index is 0. The van der Waals surface area contributed by atoms with Gasteiger partial charge in [0.05, 0.1) is 5.92 Å². The number of benzene rings is 3. The molecule has 3 aromatic rings. The first kappa shape index (κ1) is 32.0. The monoisotopic (exact) mass is 611 g/mol. The number of hydrogen-bond donors (Lipinski definition) is 0. The summed E-state index contributed by atoms with van der Waals surface area (Å²) in [7, 11) is 0. The summed E-state index contributed by atoms with van der Waals surface area (Å²) in [5.41, 5.74) is 6.51. The van der Waals surface area contributed by atoms with Gasteiger partial charge in [0.15, 0.2) is 0 Å². The molecule has 2 fully saturated rings. The molecule has 2 heterocycles. The van der Waals surface area contributed by atoms with Crippen molar-refractivity contribution < 1.29 is 9.59 Å². The second-order valence-corrected chi connectivity index (χ2v) is 12.6. The Kier molecular flexibility index (Phi) is 10.6. The molecule has 6 rings (SSSR count). The summed E-state index contributed by atoms with van der Waals surface area (Å²) in [6.45, 7) is 7.17. The van der Waals surface area contributed by atoms with Crippen LogP contribution in [-0.4, -0.2) is 60.9 Å². The van der Waals surface area contributed by atoms with E-state index < -0.39 is 0 Å². The van der Waals surface area contributed by atoms with Crippen LogP contribution in [0.15, 0.2) is 84.9 Å². The molecular formula is C38H46ClN3O2. The number of halogens is 1. The number of amides is 2. The number of allylic oxidation sites excluding steroid dienone is 1. The molecule has 1 atom stereocenters.